The average molecular weight is 561 g/mol. The van der Waals surface area contributed by atoms with Crippen LogP contribution in [0.4, 0.5) is 13.2 Å². The molecule has 9 heteroatoms. The molecule has 41 heavy (non-hydrogen) atoms. The van der Waals surface area contributed by atoms with E-state index in [1.165, 1.54) is 12.1 Å². The normalized spacial score (nSPS) is 14.9. The zero-order valence-corrected chi connectivity index (χ0v) is 23.0. The van der Waals surface area contributed by atoms with E-state index in [4.69, 9.17) is 4.42 Å². The van der Waals surface area contributed by atoms with Crippen LogP contribution in [0, 0.1) is 17.2 Å². The highest BCUT2D eigenvalue weighted by Gasteiger charge is 2.30. The van der Waals surface area contributed by atoms with Crippen LogP contribution in [-0.2, 0) is 12.7 Å². The van der Waals surface area contributed by atoms with Crippen molar-refractivity contribution in [1.82, 2.24) is 15.2 Å². The Morgan fingerprint density at radius 3 is 2.39 bits per heavy atom. The summed E-state index contributed by atoms with van der Waals surface area (Å²) in [6.45, 7) is 6.92. The number of oxazole rings is 1. The molecule has 1 fully saturated rings. The quantitative estimate of drug-likeness (QED) is 0.260. The van der Waals surface area contributed by atoms with Crippen LogP contribution in [0.1, 0.15) is 65.2 Å². The predicted octanol–water partition coefficient (Wildman–Crippen LogP) is 7.15. The Morgan fingerprint density at radius 2 is 1.78 bits per heavy atom. The number of piperidine rings is 1. The zero-order chi connectivity index (χ0) is 29.1. The zero-order valence-electron chi connectivity index (χ0n) is 23.0. The summed E-state index contributed by atoms with van der Waals surface area (Å²) in [5, 5.41) is 12.4. The molecule has 0 aliphatic carbocycles. The molecular formula is C32H31F3N4O2. The monoisotopic (exact) mass is 560 g/mol. The van der Waals surface area contributed by atoms with Crippen molar-refractivity contribution < 1.29 is 22.4 Å². The third-order valence-corrected chi connectivity index (χ3v) is 7.61. The fourth-order valence-corrected chi connectivity index (χ4v) is 5.18. The van der Waals surface area contributed by atoms with Gasteiger partial charge in [-0.3, -0.25) is 9.69 Å². The molecule has 0 unspecified atom stereocenters. The molecule has 1 aliphatic rings. The number of hydrogen-bond donors (Lipinski definition) is 1. The van der Waals surface area contributed by atoms with Gasteiger partial charge in [0, 0.05) is 29.8 Å². The van der Waals surface area contributed by atoms with Crippen molar-refractivity contribution in [2.45, 2.75) is 45.3 Å². The number of nitrogens with zero attached hydrogens (tertiary/aromatic N) is 3. The van der Waals surface area contributed by atoms with Crippen LogP contribution in [-0.4, -0.2) is 35.4 Å². The van der Waals surface area contributed by atoms with Crippen molar-refractivity contribution in [1.29, 1.82) is 5.26 Å². The number of benzene rings is 3. The van der Waals surface area contributed by atoms with E-state index in [0.29, 0.717) is 47.1 Å². The van der Waals surface area contributed by atoms with Gasteiger partial charge in [0.15, 0.2) is 5.58 Å². The molecular weight excluding hydrogens is 529 g/mol. The van der Waals surface area contributed by atoms with Crippen LogP contribution in [0.15, 0.2) is 65.1 Å². The third-order valence-electron chi connectivity index (χ3n) is 7.61. The topological polar surface area (TPSA) is 82.2 Å². The number of fused-ring (bicyclic) bond motifs is 1. The Hall–Kier alpha value is -4.16. The van der Waals surface area contributed by atoms with Gasteiger partial charge >= 0.3 is 6.18 Å². The second kappa shape index (κ2) is 11.8. The molecule has 1 aromatic heterocycles. The molecule has 5 rings (SSSR count). The Labute approximate surface area is 236 Å². The van der Waals surface area contributed by atoms with Crippen LogP contribution in [0.5, 0.6) is 0 Å². The lowest BCUT2D eigenvalue weighted by atomic mass is 9.96. The summed E-state index contributed by atoms with van der Waals surface area (Å²) in [5.74, 6) is 0.799. The van der Waals surface area contributed by atoms with Gasteiger partial charge in [0.25, 0.3) is 5.91 Å². The minimum absolute atomic E-state index is 0.151. The Bertz CT molecular complexity index is 1560. The molecule has 1 amide bonds. The molecule has 6 nitrogen and oxygen atoms in total. The SMILES string of the molecule is CC(C)c1cc(C#N)cc2nc(-c3ccc(C(=O)NCC4CCN(Cc5ccc(C(F)(F)F)cc5)CC4)cc3)oc12. The maximum atomic E-state index is 12.8. The molecule has 212 valence electrons. The number of halogens is 3. The van der Waals surface area contributed by atoms with E-state index in [9.17, 15) is 23.2 Å². The van der Waals surface area contributed by atoms with Crippen molar-refractivity contribution in [2.24, 2.45) is 5.92 Å². The summed E-state index contributed by atoms with van der Waals surface area (Å²) in [7, 11) is 0. The maximum Gasteiger partial charge on any atom is 0.416 e. The molecule has 0 spiro atoms. The summed E-state index contributed by atoms with van der Waals surface area (Å²) >= 11 is 0. The molecule has 2 heterocycles. The number of aromatic nitrogens is 1. The van der Waals surface area contributed by atoms with Gasteiger partial charge in [-0.1, -0.05) is 26.0 Å². The number of carbonyl (C=O) groups excluding carboxylic acids is 1. The number of alkyl halides is 3. The predicted molar refractivity (Wildman–Crippen MR) is 150 cm³/mol. The molecule has 0 atom stereocenters. The lowest BCUT2D eigenvalue weighted by Crippen LogP contribution is -2.38. The van der Waals surface area contributed by atoms with Gasteiger partial charge in [-0.25, -0.2) is 4.98 Å². The third kappa shape index (κ3) is 6.60. The molecule has 1 N–H and O–H groups in total. The lowest BCUT2D eigenvalue weighted by molar-refractivity contribution is -0.137. The van der Waals surface area contributed by atoms with Crippen molar-refractivity contribution >= 4 is 17.0 Å². The van der Waals surface area contributed by atoms with Crippen LogP contribution >= 0.6 is 0 Å². The van der Waals surface area contributed by atoms with Gasteiger partial charge in [-0.2, -0.15) is 18.4 Å². The summed E-state index contributed by atoms with van der Waals surface area (Å²) < 4.78 is 44.4. The van der Waals surface area contributed by atoms with Crippen LogP contribution in [0.3, 0.4) is 0 Å². The van der Waals surface area contributed by atoms with Crippen molar-refractivity contribution in [3.63, 3.8) is 0 Å². The van der Waals surface area contributed by atoms with E-state index in [1.807, 2.05) is 19.9 Å². The minimum atomic E-state index is -4.32. The summed E-state index contributed by atoms with van der Waals surface area (Å²) in [6.07, 6.45) is -2.51. The molecule has 1 aliphatic heterocycles. The Morgan fingerprint density at radius 1 is 1.10 bits per heavy atom. The first-order valence-corrected chi connectivity index (χ1v) is 13.7. The molecule has 0 bridgehead atoms. The van der Waals surface area contributed by atoms with E-state index < -0.39 is 11.7 Å². The number of likely N-dealkylation sites (tertiary alicyclic amines) is 1. The second-order valence-corrected chi connectivity index (χ2v) is 10.9. The van der Waals surface area contributed by atoms with Gasteiger partial charge < -0.3 is 9.73 Å². The molecule has 3 aromatic carbocycles. The minimum Gasteiger partial charge on any atom is -0.436 e. The average Bonchev–Trinajstić information content (AvgIpc) is 3.40. The number of nitriles is 1. The molecule has 1 saturated heterocycles. The van der Waals surface area contributed by atoms with Crippen molar-refractivity contribution in [3.8, 4) is 17.5 Å². The van der Waals surface area contributed by atoms with Gasteiger partial charge in [0.1, 0.15) is 5.52 Å². The lowest BCUT2D eigenvalue weighted by Gasteiger charge is -2.32. The fraction of sp³-hybridized carbons (Fsp3) is 0.344. The van der Waals surface area contributed by atoms with Crippen LogP contribution in [0.2, 0.25) is 0 Å². The number of carbonyl (C=O) groups is 1. The van der Waals surface area contributed by atoms with E-state index in [-0.39, 0.29) is 11.8 Å². The highest BCUT2D eigenvalue weighted by Crippen LogP contribution is 2.32. The van der Waals surface area contributed by atoms with Gasteiger partial charge in [-0.15, -0.1) is 0 Å². The van der Waals surface area contributed by atoms with Crippen molar-refractivity contribution in [3.05, 3.63) is 88.5 Å². The molecule has 0 saturated carbocycles. The Balaban J connectivity index is 1.13. The van der Waals surface area contributed by atoms with E-state index in [2.05, 4.69) is 21.3 Å². The first-order chi connectivity index (χ1) is 19.6. The molecule has 0 radical (unpaired) electrons. The number of rotatable bonds is 7. The maximum absolute atomic E-state index is 12.8. The number of nitrogens with one attached hydrogen (secondary N) is 1. The fourth-order valence-electron chi connectivity index (χ4n) is 5.18. The first-order valence-electron chi connectivity index (χ1n) is 13.7. The summed E-state index contributed by atoms with van der Waals surface area (Å²) in [5.41, 5.74) is 4.28. The summed E-state index contributed by atoms with van der Waals surface area (Å²) in [6, 6.07) is 18.2. The van der Waals surface area contributed by atoms with E-state index in [0.717, 1.165) is 54.8 Å². The second-order valence-electron chi connectivity index (χ2n) is 10.9. The Kier molecular flexibility index (Phi) is 8.13. The molecule has 4 aromatic rings. The standard InChI is InChI=1S/C32H31F3N4O2/c1-20(2)27-15-23(17-36)16-28-29(27)41-31(38-28)25-7-5-24(6-8-25)30(40)37-18-21-11-13-39(14-12-21)19-22-3-9-26(10-4-22)32(33,34)35/h3-10,15-16,20-21H,11-14,18-19H2,1-2H3,(H,37,40). The van der Waals surface area contributed by atoms with Gasteiger partial charge in [0.05, 0.1) is 17.2 Å². The highest BCUT2D eigenvalue weighted by molar-refractivity contribution is 5.94. The first kappa shape index (κ1) is 28.4. The van der Waals surface area contributed by atoms with Crippen LogP contribution < -0.4 is 5.32 Å². The van der Waals surface area contributed by atoms with Gasteiger partial charge in [-0.05, 0) is 91.9 Å². The van der Waals surface area contributed by atoms with Crippen molar-refractivity contribution in [2.75, 3.05) is 19.6 Å². The number of amides is 1. The summed E-state index contributed by atoms with van der Waals surface area (Å²) in [4.78, 5) is 19.6. The number of hydrogen-bond acceptors (Lipinski definition) is 5. The van der Waals surface area contributed by atoms with Gasteiger partial charge in [0.2, 0.25) is 5.89 Å². The van der Waals surface area contributed by atoms with E-state index in [1.54, 1.807) is 30.3 Å². The highest BCUT2D eigenvalue weighted by atomic mass is 19.4. The smallest absolute Gasteiger partial charge is 0.416 e. The largest absolute Gasteiger partial charge is 0.436 e. The van der Waals surface area contributed by atoms with E-state index >= 15 is 0 Å². The van der Waals surface area contributed by atoms with Crippen LogP contribution in [0.25, 0.3) is 22.6 Å².